The molecule has 0 N–H and O–H groups in total. The van der Waals surface area contributed by atoms with Gasteiger partial charge >= 0.3 is 5.97 Å². The van der Waals surface area contributed by atoms with Crippen LogP contribution < -0.4 is 0 Å². The minimum Gasteiger partial charge on any atom is -0.461 e. The van der Waals surface area contributed by atoms with Gasteiger partial charge in [0, 0.05) is 13.0 Å². The summed E-state index contributed by atoms with van der Waals surface area (Å²) in [7, 11) is 0. The van der Waals surface area contributed by atoms with Crippen molar-refractivity contribution in [3.8, 4) is 0 Å². The van der Waals surface area contributed by atoms with E-state index in [0.717, 1.165) is 25.3 Å². The fourth-order valence-corrected chi connectivity index (χ4v) is 5.47. The van der Waals surface area contributed by atoms with Gasteiger partial charge in [-0.1, -0.05) is 43.2 Å². The third-order valence-corrected chi connectivity index (χ3v) is 6.97. The number of piperidine rings is 3. The highest BCUT2D eigenvalue weighted by molar-refractivity contribution is 5.69. The Labute approximate surface area is 158 Å². The van der Waals surface area contributed by atoms with Crippen LogP contribution in [0.4, 0.5) is 0 Å². The molecule has 3 heteroatoms. The van der Waals surface area contributed by atoms with Crippen molar-refractivity contribution in [1.29, 1.82) is 0 Å². The first-order valence-corrected chi connectivity index (χ1v) is 10.8. The third kappa shape index (κ3) is 4.31. The molecule has 0 aromatic heterocycles. The van der Waals surface area contributed by atoms with Crippen molar-refractivity contribution in [3.63, 3.8) is 0 Å². The van der Waals surface area contributed by atoms with Crippen LogP contribution in [0.15, 0.2) is 30.3 Å². The average molecular weight is 356 g/mol. The maximum Gasteiger partial charge on any atom is 0.306 e. The number of carbonyl (C=O) groups excluding carboxylic acids is 1. The highest BCUT2D eigenvalue weighted by Gasteiger charge is 2.36. The summed E-state index contributed by atoms with van der Waals surface area (Å²) < 4.78 is 5.85. The van der Waals surface area contributed by atoms with Gasteiger partial charge in [-0.2, -0.15) is 0 Å². The Morgan fingerprint density at radius 2 is 1.81 bits per heavy atom. The first kappa shape index (κ1) is 18.0. The molecule has 142 valence electrons. The summed E-state index contributed by atoms with van der Waals surface area (Å²) in [5, 5.41) is 0. The Bertz CT molecular complexity index is 579. The van der Waals surface area contributed by atoms with E-state index in [2.05, 4.69) is 35.2 Å². The van der Waals surface area contributed by atoms with Crippen LogP contribution in [-0.2, 0) is 9.53 Å². The molecule has 3 heterocycles. The van der Waals surface area contributed by atoms with Crippen molar-refractivity contribution in [1.82, 2.24) is 4.90 Å². The lowest BCUT2D eigenvalue weighted by Crippen LogP contribution is -2.51. The largest absolute Gasteiger partial charge is 0.461 e. The molecule has 1 aliphatic carbocycles. The minimum absolute atomic E-state index is 0.0378. The number of esters is 1. The Hall–Kier alpha value is -1.35. The summed E-state index contributed by atoms with van der Waals surface area (Å²) in [4.78, 5) is 14.8. The van der Waals surface area contributed by atoms with Crippen LogP contribution in [0.5, 0.6) is 0 Å². The molecule has 5 rings (SSSR count). The van der Waals surface area contributed by atoms with Crippen LogP contribution in [0.25, 0.3) is 0 Å². The van der Waals surface area contributed by atoms with Crippen molar-refractivity contribution in [2.24, 2.45) is 11.8 Å². The van der Waals surface area contributed by atoms with Crippen molar-refractivity contribution in [2.45, 2.75) is 69.8 Å². The predicted molar refractivity (Wildman–Crippen MR) is 104 cm³/mol. The molecule has 3 atom stereocenters. The van der Waals surface area contributed by atoms with Gasteiger partial charge in [-0.15, -0.1) is 0 Å². The molecule has 2 bridgehead atoms. The highest BCUT2D eigenvalue weighted by atomic mass is 16.5. The lowest BCUT2D eigenvalue weighted by Gasteiger charge is -2.43. The van der Waals surface area contributed by atoms with Gasteiger partial charge in [-0.05, 0) is 74.9 Å². The topological polar surface area (TPSA) is 29.5 Å². The maximum atomic E-state index is 12.3. The number of nitrogens with zero attached hydrogens (tertiary/aromatic N) is 1. The standard InChI is InChI=1S/C23H33NO2/c25-23(26-22-17-24-15-13-20(22)14-16-24)12-6-10-19-9-4-5-11-21(19)18-7-2-1-3-8-18/h1-3,7-8,19-22H,4-6,9-17H2/t19-,21+,22+/m0/s1. The molecule has 1 aromatic rings. The zero-order valence-electron chi connectivity index (χ0n) is 15.9. The fraction of sp³-hybridized carbons (Fsp3) is 0.696. The van der Waals surface area contributed by atoms with E-state index in [4.69, 9.17) is 4.74 Å². The summed E-state index contributed by atoms with van der Waals surface area (Å²) >= 11 is 0. The number of hydrogen-bond donors (Lipinski definition) is 0. The van der Waals surface area contributed by atoms with Crippen LogP contribution in [0.1, 0.15) is 69.3 Å². The molecule has 4 aliphatic rings. The first-order chi connectivity index (χ1) is 12.8. The quantitative estimate of drug-likeness (QED) is 0.689. The van der Waals surface area contributed by atoms with Crippen molar-refractivity contribution in [2.75, 3.05) is 19.6 Å². The summed E-state index contributed by atoms with van der Waals surface area (Å²) in [5.41, 5.74) is 1.49. The molecule has 0 amide bonds. The monoisotopic (exact) mass is 355 g/mol. The molecule has 3 nitrogen and oxygen atoms in total. The average Bonchev–Trinajstić information content (AvgIpc) is 2.70. The second kappa shape index (κ2) is 8.56. The Morgan fingerprint density at radius 3 is 2.54 bits per heavy atom. The van der Waals surface area contributed by atoms with Crippen molar-refractivity contribution in [3.05, 3.63) is 35.9 Å². The van der Waals surface area contributed by atoms with Crippen molar-refractivity contribution < 1.29 is 9.53 Å². The van der Waals surface area contributed by atoms with Crippen molar-refractivity contribution >= 4 is 5.97 Å². The minimum atomic E-state index is 0.0378. The summed E-state index contributed by atoms with van der Waals surface area (Å²) in [6.07, 6.45) is 10.6. The molecule has 26 heavy (non-hydrogen) atoms. The van der Waals surface area contributed by atoms with E-state index in [9.17, 15) is 4.79 Å². The number of hydrogen-bond acceptors (Lipinski definition) is 3. The van der Waals surface area contributed by atoms with Gasteiger partial charge in [0.1, 0.15) is 6.10 Å². The van der Waals surface area contributed by atoms with E-state index >= 15 is 0 Å². The second-order valence-electron chi connectivity index (χ2n) is 8.62. The molecule has 0 radical (unpaired) electrons. The van der Waals surface area contributed by atoms with Gasteiger partial charge in [0.15, 0.2) is 0 Å². The van der Waals surface area contributed by atoms with Gasteiger partial charge in [0.05, 0.1) is 0 Å². The van der Waals surface area contributed by atoms with E-state index in [0.29, 0.717) is 18.3 Å². The second-order valence-corrected chi connectivity index (χ2v) is 8.62. The molecule has 0 unspecified atom stereocenters. The lowest BCUT2D eigenvalue weighted by molar-refractivity contribution is -0.159. The van der Waals surface area contributed by atoms with Gasteiger partial charge in [-0.25, -0.2) is 0 Å². The summed E-state index contributed by atoms with van der Waals surface area (Å²) in [5.74, 6) is 2.07. The molecular formula is C23H33NO2. The summed E-state index contributed by atoms with van der Waals surface area (Å²) in [6.45, 7) is 3.36. The van der Waals surface area contributed by atoms with Gasteiger partial charge in [0.2, 0.25) is 0 Å². The Morgan fingerprint density at radius 1 is 1.04 bits per heavy atom. The first-order valence-electron chi connectivity index (χ1n) is 10.8. The number of carbonyl (C=O) groups is 1. The zero-order chi connectivity index (χ0) is 17.8. The molecule has 1 aromatic carbocycles. The van der Waals surface area contributed by atoms with E-state index in [1.54, 1.807) is 0 Å². The van der Waals surface area contributed by atoms with E-state index in [1.165, 1.54) is 57.2 Å². The smallest absolute Gasteiger partial charge is 0.306 e. The molecule has 3 aliphatic heterocycles. The predicted octanol–water partition coefficient (Wildman–Crippen LogP) is 4.77. The number of rotatable bonds is 6. The van der Waals surface area contributed by atoms with Gasteiger partial charge < -0.3 is 4.74 Å². The van der Waals surface area contributed by atoms with Crippen LogP contribution >= 0.6 is 0 Å². The third-order valence-electron chi connectivity index (χ3n) is 6.97. The van der Waals surface area contributed by atoms with E-state index in [-0.39, 0.29) is 12.1 Å². The van der Waals surface area contributed by atoms with Gasteiger partial charge in [0.25, 0.3) is 0 Å². The molecule has 0 spiro atoms. The lowest BCUT2D eigenvalue weighted by atomic mass is 9.73. The molecule has 4 fully saturated rings. The molecule has 1 saturated carbocycles. The van der Waals surface area contributed by atoms with E-state index in [1.807, 2.05) is 0 Å². The normalized spacial score (nSPS) is 33.8. The van der Waals surface area contributed by atoms with Crippen LogP contribution in [0.3, 0.4) is 0 Å². The molecule has 3 saturated heterocycles. The SMILES string of the molecule is O=C(CCC[C@@H]1CCCC[C@@H]1c1ccccc1)O[C@@H]1CN2CCC1CC2. The Kier molecular flexibility index (Phi) is 5.94. The fourth-order valence-electron chi connectivity index (χ4n) is 5.47. The van der Waals surface area contributed by atoms with Crippen LogP contribution in [0.2, 0.25) is 0 Å². The zero-order valence-corrected chi connectivity index (χ0v) is 15.9. The number of fused-ring (bicyclic) bond motifs is 3. The number of ether oxygens (including phenoxy) is 1. The number of benzene rings is 1. The van der Waals surface area contributed by atoms with E-state index < -0.39 is 0 Å². The van der Waals surface area contributed by atoms with Gasteiger partial charge in [-0.3, -0.25) is 9.69 Å². The highest BCUT2D eigenvalue weighted by Crippen LogP contribution is 2.40. The summed E-state index contributed by atoms with van der Waals surface area (Å²) in [6, 6.07) is 11.0. The Balaban J connectivity index is 1.23. The maximum absolute atomic E-state index is 12.3. The van der Waals surface area contributed by atoms with Crippen LogP contribution in [-0.4, -0.2) is 36.6 Å². The van der Waals surface area contributed by atoms with Crippen LogP contribution in [0, 0.1) is 11.8 Å². The molecular weight excluding hydrogens is 322 g/mol.